The standard InChI is InChI=1S/C45H56N6O8S/c1-44(2,3)59-43(55)47-37-15-9-7-5-6-8-12-31-23-45(31,42(54)49-60(56,57)33-20-21-33)48-40(52)39-35-27-50(25-30(35)26-51(39)41(37)53)24-29-22-38(28-16-18-32(58-4)19-17-28)46-36-14-11-10-13-34(29)36/h8,10-14,16-19,22,30-31,33,35,37,39H,5-7,9,15,20-21,23-27H2,1-4H3,(H,47,55)(H,48,52)(H,49,54)/b12-8-/t30-,31+,35-,37+,39-,45-/m0/s1. The van der Waals surface area contributed by atoms with Crippen LogP contribution in [0.5, 0.6) is 5.75 Å². The Morgan fingerprint density at radius 2 is 1.75 bits per heavy atom. The van der Waals surface area contributed by atoms with Gasteiger partial charge in [0.2, 0.25) is 21.8 Å². The number of carbonyl (C=O) groups is 4. The molecular weight excluding hydrogens is 785 g/mol. The van der Waals surface area contributed by atoms with E-state index in [4.69, 9.17) is 14.5 Å². The number of hydrogen-bond acceptors (Lipinski definition) is 10. The molecule has 320 valence electrons. The number of ether oxygens (including phenoxy) is 2. The van der Waals surface area contributed by atoms with Crippen LogP contribution in [0.1, 0.15) is 77.7 Å². The Morgan fingerprint density at radius 1 is 0.983 bits per heavy atom. The van der Waals surface area contributed by atoms with Crippen LogP contribution in [0.3, 0.4) is 0 Å². The number of sulfonamides is 1. The third-order valence-electron chi connectivity index (χ3n) is 12.6. The van der Waals surface area contributed by atoms with Crippen molar-refractivity contribution in [2.24, 2.45) is 17.8 Å². The molecule has 2 saturated heterocycles. The van der Waals surface area contributed by atoms with Gasteiger partial charge in [0, 0.05) is 49.0 Å². The maximum absolute atomic E-state index is 14.9. The summed E-state index contributed by atoms with van der Waals surface area (Å²) in [7, 11) is -2.26. The van der Waals surface area contributed by atoms with Gasteiger partial charge in [-0.25, -0.2) is 18.2 Å². The van der Waals surface area contributed by atoms with E-state index in [0.29, 0.717) is 51.7 Å². The zero-order valence-corrected chi connectivity index (χ0v) is 35.6. The van der Waals surface area contributed by atoms with E-state index >= 15 is 0 Å². The van der Waals surface area contributed by atoms with E-state index in [-0.39, 0.29) is 30.7 Å². The smallest absolute Gasteiger partial charge is 0.408 e. The number of nitrogens with one attached hydrogen (secondary N) is 3. The highest BCUT2D eigenvalue weighted by Gasteiger charge is 2.63. The number of allylic oxidation sites excluding steroid dienone is 1. The lowest BCUT2D eigenvalue weighted by atomic mass is 9.93. The Balaban J connectivity index is 1.10. The van der Waals surface area contributed by atoms with Gasteiger partial charge in [0.15, 0.2) is 0 Å². The Morgan fingerprint density at radius 3 is 2.48 bits per heavy atom. The molecule has 3 aromatic rings. The number of alkyl carbamates (subject to hydrolysis) is 1. The molecule has 6 atom stereocenters. The molecule has 14 nitrogen and oxygen atoms in total. The van der Waals surface area contributed by atoms with Crippen molar-refractivity contribution in [3.05, 3.63) is 72.3 Å². The number of aromatic nitrogens is 1. The van der Waals surface area contributed by atoms with Crippen molar-refractivity contribution in [1.82, 2.24) is 30.1 Å². The summed E-state index contributed by atoms with van der Waals surface area (Å²) in [6, 6.07) is 16.0. The summed E-state index contributed by atoms with van der Waals surface area (Å²) < 4.78 is 39.2. The van der Waals surface area contributed by atoms with Crippen LogP contribution in [0.4, 0.5) is 4.79 Å². The molecule has 3 aliphatic heterocycles. The fourth-order valence-corrected chi connectivity index (χ4v) is 10.6. The Labute approximate surface area is 351 Å². The number of benzene rings is 2. The van der Waals surface area contributed by atoms with Crippen LogP contribution in [-0.4, -0.2) is 102 Å². The first-order valence-corrected chi connectivity index (χ1v) is 22.8. The minimum atomic E-state index is -3.89. The van der Waals surface area contributed by atoms with Crippen LogP contribution in [0.25, 0.3) is 22.2 Å². The van der Waals surface area contributed by atoms with Gasteiger partial charge in [0.05, 0.1) is 23.6 Å². The molecular formula is C45H56N6O8S. The van der Waals surface area contributed by atoms with Gasteiger partial charge in [-0.1, -0.05) is 43.2 Å². The largest absolute Gasteiger partial charge is 0.497 e. The lowest BCUT2D eigenvalue weighted by molar-refractivity contribution is -0.142. The van der Waals surface area contributed by atoms with Crippen LogP contribution in [-0.2, 0) is 35.7 Å². The highest BCUT2D eigenvalue weighted by Crippen LogP contribution is 2.47. The maximum Gasteiger partial charge on any atom is 0.408 e. The molecule has 0 bridgehead atoms. The van der Waals surface area contributed by atoms with E-state index in [1.807, 2.05) is 54.6 Å². The molecule has 8 rings (SSSR count). The van der Waals surface area contributed by atoms with E-state index in [0.717, 1.165) is 46.3 Å². The molecule has 0 unspecified atom stereocenters. The van der Waals surface area contributed by atoms with Crippen LogP contribution in [0.2, 0.25) is 0 Å². The van der Waals surface area contributed by atoms with Gasteiger partial charge >= 0.3 is 6.09 Å². The second kappa shape index (κ2) is 16.4. The summed E-state index contributed by atoms with van der Waals surface area (Å²) in [5.74, 6) is -1.66. The van der Waals surface area contributed by atoms with Gasteiger partial charge in [0.25, 0.3) is 5.91 Å². The number of fused-ring (bicyclic) bond motifs is 5. The number of rotatable bonds is 8. The first-order valence-electron chi connectivity index (χ1n) is 21.2. The minimum absolute atomic E-state index is 0.0881. The van der Waals surface area contributed by atoms with E-state index < -0.39 is 62.3 Å². The van der Waals surface area contributed by atoms with Crippen molar-refractivity contribution in [3.8, 4) is 17.0 Å². The highest BCUT2D eigenvalue weighted by molar-refractivity contribution is 7.91. The van der Waals surface area contributed by atoms with Gasteiger partial charge in [-0.15, -0.1) is 0 Å². The SMILES string of the molecule is COc1ccc(-c2cc(CN3C[C@H]4CN5C(=O)[C@H](NC(=O)OC(C)(C)C)CCCCC/C=C\[C@@H]6C[C@]6(C(=O)NS(=O)(=O)C6CC6)NC(=O)[C@@H]5[C@H]4C3)c3ccccc3n2)cc1. The van der Waals surface area contributed by atoms with E-state index in [1.165, 1.54) is 0 Å². The lowest BCUT2D eigenvalue weighted by Gasteiger charge is -2.33. The van der Waals surface area contributed by atoms with Crippen molar-refractivity contribution in [2.75, 3.05) is 26.7 Å². The summed E-state index contributed by atoms with van der Waals surface area (Å²) in [6.07, 6.45) is 7.77. The van der Waals surface area contributed by atoms with Crippen molar-refractivity contribution in [3.63, 3.8) is 0 Å². The average molecular weight is 841 g/mol. The number of para-hydroxylation sites is 1. The molecule has 2 aromatic carbocycles. The summed E-state index contributed by atoms with van der Waals surface area (Å²) in [5, 5.41) is 6.26. The van der Waals surface area contributed by atoms with E-state index in [9.17, 15) is 27.6 Å². The molecule has 1 aromatic heterocycles. The second-order valence-electron chi connectivity index (χ2n) is 18.2. The first kappa shape index (κ1) is 41.7. The third-order valence-corrected chi connectivity index (χ3v) is 14.4. The fraction of sp³-hybridized carbons (Fsp3) is 0.533. The number of hydrogen-bond donors (Lipinski definition) is 3. The molecule has 5 aliphatic rings. The molecule has 2 saturated carbocycles. The van der Waals surface area contributed by atoms with Gasteiger partial charge in [0.1, 0.15) is 29.0 Å². The van der Waals surface area contributed by atoms with Gasteiger partial charge in [-0.05, 0) is 107 Å². The number of carbonyl (C=O) groups excluding carboxylic acids is 4. The summed E-state index contributed by atoms with van der Waals surface area (Å²) in [4.78, 5) is 65.6. The molecule has 3 N–H and O–H groups in total. The second-order valence-corrected chi connectivity index (χ2v) is 20.1. The third kappa shape index (κ3) is 8.88. The maximum atomic E-state index is 14.9. The fourth-order valence-electron chi connectivity index (χ4n) is 9.27. The predicted octanol–water partition coefficient (Wildman–Crippen LogP) is 5.07. The number of amides is 4. The van der Waals surface area contributed by atoms with Crippen LogP contribution >= 0.6 is 0 Å². The molecule has 0 radical (unpaired) electrons. The summed E-state index contributed by atoms with van der Waals surface area (Å²) in [5.41, 5.74) is 1.46. The van der Waals surface area contributed by atoms with Gasteiger partial charge in [-0.3, -0.25) is 24.0 Å². The quantitative estimate of drug-likeness (QED) is 0.260. The van der Waals surface area contributed by atoms with Crippen molar-refractivity contribution in [1.29, 1.82) is 0 Å². The summed E-state index contributed by atoms with van der Waals surface area (Å²) in [6.45, 7) is 7.22. The average Bonchev–Trinajstić information content (AvgIpc) is 4.11. The van der Waals surface area contributed by atoms with Gasteiger partial charge in [-0.2, -0.15) is 0 Å². The molecule has 2 aliphatic carbocycles. The molecule has 4 amide bonds. The van der Waals surface area contributed by atoms with E-state index in [2.05, 4.69) is 32.4 Å². The van der Waals surface area contributed by atoms with Crippen molar-refractivity contribution >= 4 is 44.7 Å². The Hall–Kier alpha value is -5.02. The van der Waals surface area contributed by atoms with Gasteiger partial charge < -0.3 is 25.0 Å². The van der Waals surface area contributed by atoms with Crippen LogP contribution in [0.15, 0.2) is 66.7 Å². The number of pyridine rings is 1. The Bertz CT molecular complexity index is 2290. The molecule has 60 heavy (non-hydrogen) atoms. The molecule has 0 spiro atoms. The highest BCUT2D eigenvalue weighted by atomic mass is 32.2. The van der Waals surface area contributed by atoms with Crippen LogP contribution in [0, 0.1) is 17.8 Å². The zero-order chi connectivity index (χ0) is 42.4. The van der Waals surface area contributed by atoms with E-state index in [1.54, 1.807) is 32.8 Å². The number of nitrogens with zero attached hydrogens (tertiary/aromatic N) is 3. The minimum Gasteiger partial charge on any atom is -0.497 e. The normalized spacial score (nSPS) is 28.0. The van der Waals surface area contributed by atoms with Crippen molar-refractivity contribution in [2.45, 2.75) is 107 Å². The van der Waals surface area contributed by atoms with Crippen LogP contribution < -0.4 is 20.1 Å². The number of methoxy groups -OCH3 is 1. The zero-order valence-electron chi connectivity index (χ0n) is 34.8. The predicted molar refractivity (Wildman–Crippen MR) is 226 cm³/mol. The Kier molecular flexibility index (Phi) is 11.4. The van der Waals surface area contributed by atoms with Crippen molar-refractivity contribution < 1.29 is 37.1 Å². The first-order chi connectivity index (χ1) is 28.6. The molecule has 4 heterocycles. The monoisotopic (exact) mass is 840 g/mol. The molecule has 15 heteroatoms. The lowest BCUT2D eigenvalue weighted by Crippen LogP contribution is -2.60. The number of likely N-dealkylation sites (tertiary alicyclic amines) is 1. The topological polar surface area (TPSA) is 176 Å². The molecule has 4 fully saturated rings. The summed E-state index contributed by atoms with van der Waals surface area (Å²) >= 11 is 0.